The van der Waals surface area contributed by atoms with Crippen molar-refractivity contribution < 1.29 is 19.5 Å². The van der Waals surface area contributed by atoms with Crippen molar-refractivity contribution in [2.24, 2.45) is 5.73 Å². The Morgan fingerprint density at radius 1 is 1.44 bits per heavy atom. The minimum absolute atomic E-state index is 0.0793. The highest BCUT2D eigenvalue weighted by Crippen LogP contribution is 2.19. The van der Waals surface area contributed by atoms with Crippen molar-refractivity contribution in [3.63, 3.8) is 0 Å². The molecule has 16 heavy (non-hydrogen) atoms. The van der Waals surface area contributed by atoms with E-state index in [-0.39, 0.29) is 18.9 Å². The molecule has 0 saturated heterocycles. The Morgan fingerprint density at radius 2 is 2.06 bits per heavy atom. The lowest BCUT2D eigenvalue weighted by Crippen LogP contribution is -2.42. The molecule has 0 aliphatic heterocycles. The number of rotatable bonds is 6. The zero-order chi connectivity index (χ0) is 12.0. The number of hydrogen-bond donors (Lipinski definition) is 3. The van der Waals surface area contributed by atoms with E-state index < -0.39 is 17.9 Å². The Labute approximate surface area is 94.1 Å². The fourth-order valence-corrected chi connectivity index (χ4v) is 1.63. The molecule has 1 saturated carbocycles. The van der Waals surface area contributed by atoms with Crippen LogP contribution in [-0.4, -0.2) is 29.1 Å². The summed E-state index contributed by atoms with van der Waals surface area (Å²) in [6.45, 7) is 0. The van der Waals surface area contributed by atoms with Crippen LogP contribution in [-0.2, 0) is 14.4 Å². The van der Waals surface area contributed by atoms with Crippen LogP contribution in [0.1, 0.15) is 38.5 Å². The lowest BCUT2D eigenvalue weighted by molar-refractivity contribution is -0.140. The largest absolute Gasteiger partial charge is 0.481 e. The van der Waals surface area contributed by atoms with Gasteiger partial charge in [0.25, 0.3) is 5.91 Å². The van der Waals surface area contributed by atoms with E-state index in [1.165, 1.54) is 0 Å². The summed E-state index contributed by atoms with van der Waals surface area (Å²) in [6, 6.07) is -0.822. The summed E-state index contributed by atoms with van der Waals surface area (Å²) >= 11 is 0. The van der Waals surface area contributed by atoms with Gasteiger partial charge >= 0.3 is 5.97 Å². The number of aliphatic carboxylic acids is 1. The number of carboxylic acid groups (broad SMARTS) is 1. The quantitative estimate of drug-likeness (QED) is 0.564. The number of carbonyl (C=O) groups is 2. The normalized spacial score (nSPS) is 18.3. The average molecular weight is 230 g/mol. The van der Waals surface area contributed by atoms with Crippen molar-refractivity contribution >= 4 is 11.9 Å². The number of amides is 1. The predicted octanol–water partition coefficient (Wildman–Crippen LogP) is 0.169. The van der Waals surface area contributed by atoms with E-state index in [0.717, 1.165) is 25.7 Å². The second-order valence-corrected chi connectivity index (χ2v) is 4.03. The fourth-order valence-electron chi connectivity index (χ4n) is 1.63. The molecular weight excluding hydrogens is 212 g/mol. The zero-order valence-electron chi connectivity index (χ0n) is 9.15. The number of nitrogens with one attached hydrogen (secondary N) is 1. The Morgan fingerprint density at radius 3 is 2.62 bits per heavy atom. The molecule has 0 aromatic heterocycles. The van der Waals surface area contributed by atoms with Gasteiger partial charge in [-0.05, 0) is 19.3 Å². The van der Waals surface area contributed by atoms with Gasteiger partial charge in [0, 0.05) is 6.42 Å². The first-order valence-corrected chi connectivity index (χ1v) is 5.52. The molecule has 0 bridgehead atoms. The van der Waals surface area contributed by atoms with Crippen LogP contribution in [0.25, 0.3) is 0 Å². The third kappa shape index (κ3) is 4.59. The molecule has 6 nitrogen and oxygen atoms in total. The number of carbonyl (C=O) groups excluding carboxylic acids is 1. The summed E-state index contributed by atoms with van der Waals surface area (Å²) in [5, 5.41) is 8.43. The summed E-state index contributed by atoms with van der Waals surface area (Å²) in [5.41, 5.74) is 7.79. The predicted molar refractivity (Wildman–Crippen MR) is 56.3 cm³/mol. The van der Waals surface area contributed by atoms with Gasteiger partial charge in [-0.3, -0.25) is 14.4 Å². The first kappa shape index (κ1) is 12.9. The van der Waals surface area contributed by atoms with Crippen LogP contribution in [0, 0.1) is 0 Å². The summed E-state index contributed by atoms with van der Waals surface area (Å²) in [5.74, 6) is -1.41. The molecular formula is C10H18N2O4. The molecule has 1 aliphatic rings. The maximum absolute atomic E-state index is 11.4. The molecule has 6 heteroatoms. The van der Waals surface area contributed by atoms with E-state index in [4.69, 9.17) is 15.7 Å². The lowest BCUT2D eigenvalue weighted by Gasteiger charge is -2.14. The summed E-state index contributed by atoms with van der Waals surface area (Å²) in [6.07, 6.45) is 4.22. The molecule has 4 N–H and O–H groups in total. The molecule has 0 spiro atoms. The van der Waals surface area contributed by atoms with Gasteiger partial charge in [0.2, 0.25) is 0 Å². The van der Waals surface area contributed by atoms with Gasteiger partial charge in [-0.1, -0.05) is 12.8 Å². The van der Waals surface area contributed by atoms with Gasteiger partial charge in [0.1, 0.15) is 0 Å². The van der Waals surface area contributed by atoms with Crippen molar-refractivity contribution in [3.05, 3.63) is 0 Å². The molecule has 1 rings (SSSR count). The van der Waals surface area contributed by atoms with Crippen LogP contribution in [0.5, 0.6) is 0 Å². The van der Waals surface area contributed by atoms with Crippen molar-refractivity contribution in [1.29, 1.82) is 0 Å². The molecule has 1 amide bonds. The molecule has 1 unspecified atom stereocenters. The fraction of sp³-hybridized carbons (Fsp3) is 0.800. The topological polar surface area (TPSA) is 102 Å². The molecule has 1 atom stereocenters. The third-order valence-electron chi connectivity index (χ3n) is 2.63. The monoisotopic (exact) mass is 230 g/mol. The molecule has 0 radical (unpaired) electrons. The molecule has 0 heterocycles. The van der Waals surface area contributed by atoms with Gasteiger partial charge < -0.3 is 10.8 Å². The highest BCUT2D eigenvalue weighted by molar-refractivity contribution is 5.81. The smallest absolute Gasteiger partial charge is 0.303 e. The van der Waals surface area contributed by atoms with Crippen molar-refractivity contribution in [3.8, 4) is 0 Å². The first-order valence-electron chi connectivity index (χ1n) is 5.52. The molecule has 0 aromatic carbocycles. The van der Waals surface area contributed by atoms with Crippen molar-refractivity contribution in [2.75, 3.05) is 0 Å². The van der Waals surface area contributed by atoms with Crippen LogP contribution < -0.4 is 11.2 Å². The zero-order valence-corrected chi connectivity index (χ0v) is 9.15. The molecule has 1 fully saturated rings. The van der Waals surface area contributed by atoms with Gasteiger partial charge in [-0.25, -0.2) is 5.48 Å². The molecule has 92 valence electrons. The SMILES string of the molecule is NC(CCC(=O)O)C(=O)NOC1CCCC1. The van der Waals surface area contributed by atoms with Gasteiger partial charge in [-0.15, -0.1) is 0 Å². The number of hydrogen-bond acceptors (Lipinski definition) is 4. The van der Waals surface area contributed by atoms with Gasteiger partial charge in [0.15, 0.2) is 0 Å². The van der Waals surface area contributed by atoms with E-state index in [1.54, 1.807) is 0 Å². The first-order chi connectivity index (χ1) is 7.59. The Kier molecular flexibility index (Phi) is 5.21. The maximum atomic E-state index is 11.4. The van der Waals surface area contributed by atoms with Crippen molar-refractivity contribution in [2.45, 2.75) is 50.7 Å². The van der Waals surface area contributed by atoms with Crippen molar-refractivity contribution in [1.82, 2.24) is 5.48 Å². The summed E-state index contributed by atoms with van der Waals surface area (Å²) < 4.78 is 0. The Balaban J connectivity index is 2.15. The average Bonchev–Trinajstić information content (AvgIpc) is 2.75. The van der Waals surface area contributed by atoms with E-state index in [0.29, 0.717) is 0 Å². The second kappa shape index (κ2) is 6.44. The highest BCUT2D eigenvalue weighted by atomic mass is 16.7. The minimum atomic E-state index is -0.958. The van der Waals surface area contributed by atoms with E-state index >= 15 is 0 Å². The van der Waals surface area contributed by atoms with Gasteiger partial charge in [-0.2, -0.15) is 0 Å². The van der Waals surface area contributed by atoms with Crippen LogP contribution in [0.3, 0.4) is 0 Å². The maximum Gasteiger partial charge on any atom is 0.303 e. The van der Waals surface area contributed by atoms with Gasteiger partial charge in [0.05, 0.1) is 12.1 Å². The number of hydroxylamine groups is 1. The lowest BCUT2D eigenvalue weighted by atomic mass is 10.1. The molecule has 0 aromatic rings. The third-order valence-corrected chi connectivity index (χ3v) is 2.63. The van der Waals surface area contributed by atoms with E-state index in [2.05, 4.69) is 5.48 Å². The second-order valence-electron chi connectivity index (χ2n) is 4.03. The minimum Gasteiger partial charge on any atom is -0.481 e. The summed E-state index contributed by atoms with van der Waals surface area (Å²) in [4.78, 5) is 26.8. The van der Waals surface area contributed by atoms with Crippen LogP contribution in [0.4, 0.5) is 0 Å². The Bertz CT molecular complexity index is 251. The van der Waals surface area contributed by atoms with E-state index in [9.17, 15) is 9.59 Å². The highest BCUT2D eigenvalue weighted by Gasteiger charge is 2.19. The number of nitrogens with two attached hydrogens (primary N) is 1. The van der Waals surface area contributed by atoms with Crippen LogP contribution >= 0.6 is 0 Å². The Hall–Kier alpha value is -1.14. The standard InChI is InChI=1S/C10H18N2O4/c11-8(5-6-9(13)14)10(15)12-16-7-3-1-2-4-7/h7-8H,1-6,11H2,(H,12,15)(H,13,14). The van der Waals surface area contributed by atoms with E-state index in [1.807, 2.05) is 0 Å². The summed E-state index contributed by atoms with van der Waals surface area (Å²) in [7, 11) is 0. The van der Waals surface area contributed by atoms with Crippen LogP contribution in [0.15, 0.2) is 0 Å². The van der Waals surface area contributed by atoms with Crippen LogP contribution in [0.2, 0.25) is 0 Å². The number of carboxylic acids is 1. The molecule has 1 aliphatic carbocycles.